The average molecular weight is 1070 g/mol. The number of allylic oxidation sites excluding steroid dienone is 18. The molecule has 0 aromatic carbocycles. The Balaban J connectivity index is 3.95. The van der Waals surface area contributed by atoms with E-state index in [9.17, 15) is 14.4 Å². The lowest BCUT2D eigenvalue weighted by Crippen LogP contribution is -2.30. The molecule has 0 aliphatic carbocycles. The van der Waals surface area contributed by atoms with Gasteiger partial charge >= 0.3 is 17.9 Å². The zero-order valence-electron chi connectivity index (χ0n) is 50.4. The highest BCUT2D eigenvalue weighted by atomic mass is 16.6. The molecule has 1 atom stereocenters. The molecule has 1 unspecified atom stereocenters. The third-order valence-corrected chi connectivity index (χ3v) is 13.8. The van der Waals surface area contributed by atoms with Crippen molar-refractivity contribution in [3.05, 3.63) is 109 Å². The second kappa shape index (κ2) is 64.6. The molecule has 0 amide bonds. The topological polar surface area (TPSA) is 78.9 Å². The van der Waals surface area contributed by atoms with Crippen LogP contribution in [0.15, 0.2) is 109 Å². The van der Waals surface area contributed by atoms with Gasteiger partial charge in [0.2, 0.25) is 0 Å². The molecule has 0 radical (unpaired) electrons. The van der Waals surface area contributed by atoms with E-state index in [1.807, 2.05) is 0 Å². The number of esters is 3. The van der Waals surface area contributed by atoms with Gasteiger partial charge in [-0.05, 0) is 103 Å². The highest BCUT2D eigenvalue weighted by Gasteiger charge is 2.19. The van der Waals surface area contributed by atoms with E-state index in [1.165, 1.54) is 135 Å². The molecular weight excluding hydrogens is 949 g/mol. The number of ether oxygens (including phenoxy) is 3. The molecule has 0 aromatic heterocycles. The minimum Gasteiger partial charge on any atom is -0.462 e. The molecule has 0 saturated carbocycles. The minimum atomic E-state index is -0.791. The van der Waals surface area contributed by atoms with Gasteiger partial charge in [0.05, 0.1) is 0 Å². The molecule has 0 saturated heterocycles. The fourth-order valence-electron chi connectivity index (χ4n) is 8.99. The molecule has 77 heavy (non-hydrogen) atoms. The van der Waals surface area contributed by atoms with Crippen molar-refractivity contribution in [1.29, 1.82) is 0 Å². The molecule has 0 rings (SSSR count). The summed E-state index contributed by atoms with van der Waals surface area (Å²) in [5.41, 5.74) is 0. The molecule has 0 N–H and O–H groups in total. The molecule has 440 valence electrons. The normalized spacial score (nSPS) is 12.8. The third-order valence-electron chi connectivity index (χ3n) is 13.8. The van der Waals surface area contributed by atoms with E-state index in [2.05, 4.69) is 130 Å². The predicted octanol–water partition coefficient (Wildman–Crippen LogP) is 22.2. The summed E-state index contributed by atoms with van der Waals surface area (Å²) in [6.45, 7) is 6.32. The van der Waals surface area contributed by atoms with E-state index in [4.69, 9.17) is 14.2 Å². The van der Waals surface area contributed by atoms with Crippen LogP contribution >= 0.6 is 0 Å². The van der Waals surface area contributed by atoms with Crippen LogP contribution in [0.4, 0.5) is 0 Å². The lowest BCUT2D eigenvalue weighted by atomic mass is 10.0. The lowest BCUT2D eigenvalue weighted by molar-refractivity contribution is -0.167. The number of unbranched alkanes of at least 4 members (excludes halogenated alkanes) is 29. The molecule has 0 aliphatic heterocycles. The first-order valence-electron chi connectivity index (χ1n) is 32.4. The fraction of sp³-hybridized carbons (Fsp3) is 0.704. The standard InChI is InChI=1S/C71H120O6/c1-4-7-10-13-15-17-19-21-23-25-27-28-29-30-31-32-33-34-35-36-37-38-39-40-41-42-44-45-47-49-51-53-55-58-61-64-70(73)76-67-68(66-75-69(72)63-60-57-12-9-6-3)77-71(74)65-62-59-56-54-52-50-48-46-43-26-24-22-20-18-16-14-11-8-5-2/h7-8,10-11,15-18,21-24,27-28,43,46,50,52,68H,4-6,9,12-14,19-20,25-26,29-42,44-45,47-49,51,53-67H2,1-3H3/b10-7-,11-8-,17-15-,18-16-,23-21-,24-22-,28-27-,46-43-,52-50-. The first kappa shape index (κ1) is 73.1. The summed E-state index contributed by atoms with van der Waals surface area (Å²) in [5.74, 6) is -0.929. The van der Waals surface area contributed by atoms with E-state index >= 15 is 0 Å². The lowest BCUT2D eigenvalue weighted by Gasteiger charge is -2.18. The second-order valence-electron chi connectivity index (χ2n) is 21.3. The molecular formula is C71H120O6. The zero-order valence-corrected chi connectivity index (χ0v) is 50.4. The summed E-state index contributed by atoms with van der Waals surface area (Å²) in [7, 11) is 0. The van der Waals surface area contributed by atoms with Gasteiger partial charge in [-0.3, -0.25) is 14.4 Å². The van der Waals surface area contributed by atoms with Gasteiger partial charge in [-0.1, -0.05) is 291 Å². The summed E-state index contributed by atoms with van der Waals surface area (Å²) in [5, 5.41) is 0. The number of carbonyl (C=O) groups excluding carboxylic acids is 3. The molecule has 0 fully saturated rings. The number of carbonyl (C=O) groups is 3. The Kier molecular flexibility index (Phi) is 61.3. The largest absolute Gasteiger partial charge is 0.462 e. The van der Waals surface area contributed by atoms with Crippen molar-refractivity contribution in [2.45, 2.75) is 309 Å². The highest BCUT2D eigenvalue weighted by Crippen LogP contribution is 2.17. The van der Waals surface area contributed by atoms with Crippen LogP contribution in [0.3, 0.4) is 0 Å². The Labute approximate surface area is 476 Å². The first-order chi connectivity index (χ1) is 38.0. The van der Waals surface area contributed by atoms with Crippen molar-refractivity contribution >= 4 is 17.9 Å². The minimum absolute atomic E-state index is 0.0890. The number of hydrogen-bond acceptors (Lipinski definition) is 6. The highest BCUT2D eigenvalue weighted by molar-refractivity contribution is 5.71. The third kappa shape index (κ3) is 62.8. The number of hydrogen-bond donors (Lipinski definition) is 0. The summed E-state index contributed by atoms with van der Waals surface area (Å²) in [4.78, 5) is 37.9. The smallest absolute Gasteiger partial charge is 0.306 e. The molecule has 0 heterocycles. The second-order valence-corrected chi connectivity index (χ2v) is 21.3. The van der Waals surface area contributed by atoms with E-state index in [1.54, 1.807) is 0 Å². The molecule has 0 spiro atoms. The first-order valence-corrected chi connectivity index (χ1v) is 32.4. The van der Waals surface area contributed by atoms with E-state index < -0.39 is 6.10 Å². The Bertz CT molecular complexity index is 1560. The zero-order chi connectivity index (χ0) is 55.7. The Morgan fingerprint density at radius 3 is 0.805 bits per heavy atom. The van der Waals surface area contributed by atoms with Crippen LogP contribution in [0, 0.1) is 0 Å². The SMILES string of the molecule is CC/C=C\C/C=C\C/C=C\C/C=C\C/C=C\CCCCCC(=O)OC(COC(=O)CCCCCCC)COC(=O)CCCCCCCCCCCCCCCCCCCCCCCC/C=C\C/C=C\C/C=C\C/C=C\CC. The van der Waals surface area contributed by atoms with Gasteiger partial charge in [0.15, 0.2) is 6.10 Å². The van der Waals surface area contributed by atoms with Gasteiger partial charge in [0, 0.05) is 19.3 Å². The maximum atomic E-state index is 12.8. The predicted molar refractivity (Wildman–Crippen MR) is 334 cm³/mol. The van der Waals surface area contributed by atoms with Crippen LogP contribution in [0.5, 0.6) is 0 Å². The van der Waals surface area contributed by atoms with Gasteiger partial charge in [0.1, 0.15) is 13.2 Å². The average Bonchev–Trinajstić information content (AvgIpc) is 3.43. The maximum absolute atomic E-state index is 12.8. The number of rotatable bonds is 58. The van der Waals surface area contributed by atoms with Gasteiger partial charge in [-0.25, -0.2) is 0 Å². The van der Waals surface area contributed by atoms with Crippen molar-refractivity contribution in [1.82, 2.24) is 0 Å². The van der Waals surface area contributed by atoms with Crippen LogP contribution in [-0.2, 0) is 28.6 Å². The molecule has 6 heteroatoms. The van der Waals surface area contributed by atoms with Crippen molar-refractivity contribution in [3.63, 3.8) is 0 Å². The van der Waals surface area contributed by atoms with Crippen LogP contribution < -0.4 is 0 Å². The fourth-order valence-corrected chi connectivity index (χ4v) is 8.99. The molecule has 0 aromatic rings. The summed E-state index contributed by atoms with van der Waals surface area (Å²) >= 11 is 0. The van der Waals surface area contributed by atoms with Crippen LogP contribution in [0.1, 0.15) is 303 Å². The summed E-state index contributed by atoms with van der Waals surface area (Å²) < 4.78 is 16.7. The molecule has 6 nitrogen and oxygen atoms in total. The van der Waals surface area contributed by atoms with Gasteiger partial charge in [-0.2, -0.15) is 0 Å². The van der Waals surface area contributed by atoms with E-state index in [0.29, 0.717) is 12.8 Å². The Morgan fingerprint density at radius 2 is 0.506 bits per heavy atom. The quantitative estimate of drug-likeness (QED) is 0.0261. The van der Waals surface area contributed by atoms with Gasteiger partial charge in [-0.15, -0.1) is 0 Å². The van der Waals surface area contributed by atoms with Crippen LogP contribution in [0.25, 0.3) is 0 Å². The van der Waals surface area contributed by atoms with Crippen molar-refractivity contribution < 1.29 is 28.6 Å². The van der Waals surface area contributed by atoms with E-state index in [0.717, 1.165) is 128 Å². The van der Waals surface area contributed by atoms with Gasteiger partial charge in [0.25, 0.3) is 0 Å². The van der Waals surface area contributed by atoms with Crippen molar-refractivity contribution in [2.24, 2.45) is 0 Å². The summed E-state index contributed by atoms with van der Waals surface area (Å²) in [6, 6.07) is 0. The Hall–Kier alpha value is -3.93. The van der Waals surface area contributed by atoms with E-state index in [-0.39, 0.29) is 37.5 Å². The molecule has 0 bridgehead atoms. The van der Waals surface area contributed by atoms with Crippen molar-refractivity contribution in [2.75, 3.05) is 13.2 Å². The monoisotopic (exact) mass is 1070 g/mol. The molecule has 0 aliphatic rings. The summed E-state index contributed by atoms with van der Waals surface area (Å²) in [6.07, 6.45) is 88.8. The van der Waals surface area contributed by atoms with Gasteiger partial charge < -0.3 is 14.2 Å². The Morgan fingerprint density at radius 1 is 0.273 bits per heavy atom. The van der Waals surface area contributed by atoms with Crippen LogP contribution in [-0.4, -0.2) is 37.2 Å². The maximum Gasteiger partial charge on any atom is 0.306 e. The van der Waals surface area contributed by atoms with Crippen LogP contribution in [0.2, 0.25) is 0 Å². The van der Waals surface area contributed by atoms with Crippen molar-refractivity contribution in [3.8, 4) is 0 Å².